The van der Waals surface area contributed by atoms with Crippen LogP contribution in [0.4, 0.5) is 16.2 Å². The summed E-state index contributed by atoms with van der Waals surface area (Å²) < 4.78 is 0. The average Bonchev–Trinajstić information content (AvgIpc) is 2.37. The molecule has 0 saturated heterocycles. The molecule has 114 valence electrons. The predicted molar refractivity (Wildman–Crippen MR) is 78.2 cm³/mol. The molecule has 1 aromatic rings. The zero-order valence-electron chi connectivity index (χ0n) is 11.8. The number of anilines is 2. The van der Waals surface area contributed by atoms with Crippen LogP contribution in [0.15, 0.2) is 24.3 Å². The number of carboxylic acid groups (broad SMARTS) is 1. The third-order valence-electron chi connectivity index (χ3n) is 2.64. The van der Waals surface area contributed by atoms with Crippen LogP contribution in [0.5, 0.6) is 0 Å². The van der Waals surface area contributed by atoms with Crippen LogP contribution in [-0.2, 0) is 9.59 Å². The number of hydrogen-bond acceptors (Lipinski definition) is 4. The molecule has 0 aromatic heterocycles. The SMILES string of the molecule is CN(C)c1ccccc1NC(=O)N[C@@H](CC(N)=O)C(=O)O. The van der Waals surface area contributed by atoms with E-state index in [9.17, 15) is 14.4 Å². The van der Waals surface area contributed by atoms with Crippen LogP contribution < -0.4 is 21.3 Å². The highest BCUT2D eigenvalue weighted by atomic mass is 16.4. The monoisotopic (exact) mass is 294 g/mol. The molecule has 8 heteroatoms. The molecule has 0 aliphatic rings. The minimum atomic E-state index is -1.37. The molecule has 0 saturated carbocycles. The first-order valence-electron chi connectivity index (χ1n) is 6.16. The Balaban J connectivity index is 2.77. The van der Waals surface area contributed by atoms with Crippen LogP contribution >= 0.6 is 0 Å². The molecule has 0 heterocycles. The highest BCUT2D eigenvalue weighted by Crippen LogP contribution is 2.23. The average molecular weight is 294 g/mol. The predicted octanol–water partition coefficient (Wildman–Crippen LogP) is 0.203. The number of amides is 3. The second-order valence-corrected chi connectivity index (χ2v) is 4.57. The number of nitrogens with two attached hydrogens (primary N) is 1. The Kier molecular flexibility index (Phi) is 5.53. The van der Waals surface area contributed by atoms with Gasteiger partial charge in [-0.05, 0) is 12.1 Å². The molecule has 21 heavy (non-hydrogen) atoms. The van der Waals surface area contributed by atoms with Crippen molar-refractivity contribution in [1.29, 1.82) is 0 Å². The van der Waals surface area contributed by atoms with Crippen LogP contribution in [-0.4, -0.2) is 43.2 Å². The van der Waals surface area contributed by atoms with Gasteiger partial charge in [0.1, 0.15) is 6.04 Å². The number of carboxylic acids is 1. The molecule has 0 spiro atoms. The molecule has 1 rings (SSSR count). The molecule has 1 atom stereocenters. The molecule has 0 aliphatic carbocycles. The smallest absolute Gasteiger partial charge is 0.326 e. The van der Waals surface area contributed by atoms with Crippen LogP contribution in [0, 0.1) is 0 Å². The van der Waals surface area contributed by atoms with E-state index in [4.69, 9.17) is 10.8 Å². The van der Waals surface area contributed by atoms with Crippen molar-refractivity contribution in [2.75, 3.05) is 24.3 Å². The summed E-state index contributed by atoms with van der Waals surface area (Å²) in [6.07, 6.45) is -0.474. The molecular weight excluding hydrogens is 276 g/mol. The van der Waals surface area contributed by atoms with Gasteiger partial charge < -0.3 is 26.4 Å². The minimum absolute atomic E-state index is 0.474. The molecule has 0 unspecified atom stereocenters. The first kappa shape index (κ1) is 16.3. The number of hydrogen-bond donors (Lipinski definition) is 4. The van der Waals surface area contributed by atoms with E-state index in [1.807, 2.05) is 20.2 Å². The van der Waals surface area contributed by atoms with E-state index in [-0.39, 0.29) is 0 Å². The van der Waals surface area contributed by atoms with Gasteiger partial charge in [-0.2, -0.15) is 0 Å². The molecule has 0 bridgehead atoms. The third-order valence-corrected chi connectivity index (χ3v) is 2.64. The first-order chi connectivity index (χ1) is 9.81. The fourth-order valence-electron chi connectivity index (χ4n) is 1.69. The summed E-state index contributed by atoms with van der Waals surface area (Å²) in [5.41, 5.74) is 6.22. The van der Waals surface area contributed by atoms with Crippen LogP contribution in [0.2, 0.25) is 0 Å². The quantitative estimate of drug-likeness (QED) is 0.596. The number of rotatable bonds is 6. The minimum Gasteiger partial charge on any atom is -0.480 e. The topological polar surface area (TPSA) is 125 Å². The molecule has 0 radical (unpaired) electrons. The van der Waals surface area contributed by atoms with Crippen LogP contribution in [0.25, 0.3) is 0 Å². The lowest BCUT2D eigenvalue weighted by Crippen LogP contribution is -2.45. The number of nitrogens with one attached hydrogen (secondary N) is 2. The molecule has 3 amide bonds. The number of urea groups is 1. The van der Waals surface area contributed by atoms with Gasteiger partial charge in [-0.25, -0.2) is 9.59 Å². The van der Waals surface area contributed by atoms with Crippen molar-refractivity contribution in [2.24, 2.45) is 5.73 Å². The third kappa shape index (κ3) is 5.01. The Morgan fingerprint density at radius 2 is 1.90 bits per heavy atom. The Morgan fingerprint density at radius 3 is 2.43 bits per heavy atom. The van der Waals surface area contributed by atoms with Gasteiger partial charge >= 0.3 is 12.0 Å². The van der Waals surface area contributed by atoms with Gasteiger partial charge in [-0.1, -0.05) is 12.1 Å². The standard InChI is InChI=1S/C13H18N4O4/c1-17(2)10-6-4-3-5-8(10)15-13(21)16-9(12(19)20)7-11(14)18/h3-6,9H,7H2,1-2H3,(H2,14,18)(H,19,20)(H2,15,16,21)/t9-/m0/s1. The maximum Gasteiger partial charge on any atom is 0.326 e. The van der Waals surface area contributed by atoms with Crippen LogP contribution in [0.1, 0.15) is 6.42 Å². The lowest BCUT2D eigenvalue weighted by molar-refractivity contribution is -0.140. The number of carbonyl (C=O) groups is 3. The lowest BCUT2D eigenvalue weighted by atomic mass is 10.2. The Bertz CT molecular complexity index is 545. The fourth-order valence-corrected chi connectivity index (χ4v) is 1.69. The summed E-state index contributed by atoms with van der Waals surface area (Å²) in [5.74, 6) is -2.14. The lowest BCUT2D eigenvalue weighted by Gasteiger charge is -2.19. The fraction of sp³-hybridized carbons (Fsp3) is 0.308. The van der Waals surface area contributed by atoms with E-state index in [0.717, 1.165) is 5.69 Å². The van der Waals surface area contributed by atoms with E-state index in [2.05, 4.69) is 10.6 Å². The van der Waals surface area contributed by atoms with Gasteiger partial charge in [0.2, 0.25) is 5.91 Å². The number of primary amides is 1. The summed E-state index contributed by atoms with van der Waals surface area (Å²) in [4.78, 5) is 35.3. The van der Waals surface area contributed by atoms with Crippen molar-refractivity contribution in [2.45, 2.75) is 12.5 Å². The van der Waals surface area contributed by atoms with E-state index >= 15 is 0 Å². The zero-order chi connectivity index (χ0) is 16.0. The molecular formula is C13H18N4O4. The molecule has 5 N–H and O–H groups in total. The number of aliphatic carboxylic acids is 1. The van der Waals surface area contributed by atoms with Crippen LogP contribution in [0.3, 0.4) is 0 Å². The zero-order valence-corrected chi connectivity index (χ0v) is 11.8. The van der Waals surface area contributed by atoms with Crippen molar-refractivity contribution >= 4 is 29.3 Å². The second-order valence-electron chi connectivity index (χ2n) is 4.57. The molecule has 1 aromatic carbocycles. The van der Waals surface area contributed by atoms with Gasteiger partial charge in [0.15, 0.2) is 0 Å². The number of benzene rings is 1. The summed E-state index contributed by atoms with van der Waals surface area (Å²) in [7, 11) is 3.62. The van der Waals surface area contributed by atoms with Gasteiger partial charge in [-0.3, -0.25) is 4.79 Å². The van der Waals surface area contributed by atoms with Crippen molar-refractivity contribution in [3.63, 3.8) is 0 Å². The van der Waals surface area contributed by atoms with Crippen molar-refractivity contribution in [1.82, 2.24) is 5.32 Å². The Labute approximate surface area is 121 Å². The number of carbonyl (C=O) groups excluding carboxylic acids is 2. The summed E-state index contributed by atoms with van der Waals surface area (Å²) in [5, 5.41) is 13.7. The Morgan fingerprint density at radius 1 is 1.29 bits per heavy atom. The van der Waals surface area contributed by atoms with E-state index in [1.165, 1.54) is 0 Å². The van der Waals surface area contributed by atoms with Gasteiger partial charge in [0.05, 0.1) is 17.8 Å². The number of para-hydroxylation sites is 2. The summed E-state index contributed by atoms with van der Waals surface area (Å²) in [6.45, 7) is 0. The molecule has 0 aliphatic heterocycles. The maximum atomic E-state index is 11.8. The van der Waals surface area contributed by atoms with E-state index in [1.54, 1.807) is 23.1 Å². The Hall–Kier alpha value is -2.77. The van der Waals surface area contributed by atoms with Crippen molar-refractivity contribution in [3.05, 3.63) is 24.3 Å². The maximum absolute atomic E-state index is 11.8. The van der Waals surface area contributed by atoms with E-state index in [0.29, 0.717) is 5.69 Å². The van der Waals surface area contributed by atoms with Crippen molar-refractivity contribution < 1.29 is 19.5 Å². The molecule has 0 fully saturated rings. The summed E-state index contributed by atoms with van der Waals surface area (Å²) in [6, 6.07) is 4.94. The highest BCUT2D eigenvalue weighted by Gasteiger charge is 2.22. The number of nitrogens with zero attached hydrogens (tertiary/aromatic N) is 1. The largest absolute Gasteiger partial charge is 0.480 e. The normalized spacial score (nSPS) is 11.3. The van der Waals surface area contributed by atoms with Crippen molar-refractivity contribution in [3.8, 4) is 0 Å². The van der Waals surface area contributed by atoms with E-state index < -0.39 is 30.4 Å². The second kappa shape index (κ2) is 7.13. The van der Waals surface area contributed by atoms with Gasteiger partial charge in [0, 0.05) is 14.1 Å². The summed E-state index contributed by atoms with van der Waals surface area (Å²) >= 11 is 0. The molecule has 8 nitrogen and oxygen atoms in total. The van der Waals surface area contributed by atoms with Gasteiger partial charge in [-0.15, -0.1) is 0 Å². The highest BCUT2D eigenvalue weighted by molar-refractivity contribution is 5.96. The van der Waals surface area contributed by atoms with Gasteiger partial charge in [0.25, 0.3) is 0 Å². The first-order valence-corrected chi connectivity index (χ1v) is 6.16.